The van der Waals surface area contributed by atoms with Gasteiger partial charge in [-0.3, -0.25) is 9.48 Å². The average Bonchev–Trinajstić information content (AvgIpc) is 3.04. The van der Waals surface area contributed by atoms with Crippen molar-refractivity contribution in [1.82, 2.24) is 19.7 Å². The van der Waals surface area contributed by atoms with E-state index in [4.69, 9.17) is 4.98 Å². The van der Waals surface area contributed by atoms with Crippen molar-refractivity contribution in [2.75, 3.05) is 43.4 Å². The number of rotatable bonds is 3. The standard InChI is InChI=1S/C20H24N6O/c1-14-4-7-18(22-19(14)26-10-8-24(2)9-11-26)23-20(27)15-5-6-17-16(12-15)13-21-25(17)3/h4-7,12-13H,8-11H2,1-3H3,(H,22,23,27). The number of nitrogens with zero attached hydrogens (tertiary/aromatic N) is 5. The Morgan fingerprint density at radius 3 is 2.63 bits per heavy atom. The first kappa shape index (κ1) is 17.5. The summed E-state index contributed by atoms with van der Waals surface area (Å²) >= 11 is 0. The molecule has 0 spiro atoms. The molecule has 4 rings (SSSR count). The number of pyridine rings is 1. The van der Waals surface area contributed by atoms with E-state index in [0.29, 0.717) is 11.4 Å². The molecule has 0 unspecified atom stereocenters. The molecule has 0 radical (unpaired) electrons. The maximum atomic E-state index is 12.7. The molecule has 27 heavy (non-hydrogen) atoms. The lowest BCUT2D eigenvalue weighted by Crippen LogP contribution is -2.45. The van der Waals surface area contributed by atoms with Crippen molar-refractivity contribution in [2.24, 2.45) is 7.05 Å². The number of benzene rings is 1. The van der Waals surface area contributed by atoms with Crippen LogP contribution < -0.4 is 10.2 Å². The Hall–Kier alpha value is -2.93. The van der Waals surface area contributed by atoms with E-state index in [0.717, 1.165) is 48.5 Å². The average molecular weight is 364 g/mol. The van der Waals surface area contributed by atoms with Crippen LogP contribution >= 0.6 is 0 Å². The smallest absolute Gasteiger partial charge is 0.256 e. The molecule has 1 fully saturated rings. The van der Waals surface area contributed by atoms with Gasteiger partial charge in [-0.05, 0) is 43.8 Å². The van der Waals surface area contributed by atoms with Gasteiger partial charge in [-0.25, -0.2) is 4.98 Å². The molecule has 0 aliphatic carbocycles. The third-order valence-corrected chi connectivity index (χ3v) is 5.12. The van der Waals surface area contributed by atoms with Crippen LogP contribution in [-0.4, -0.2) is 58.8 Å². The molecule has 1 N–H and O–H groups in total. The van der Waals surface area contributed by atoms with Crippen LogP contribution in [0.5, 0.6) is 0 Å². The topological polar surface area (TPSA) is 66.3 Å². The number of aromatic nitrogens is 3. The van der Waals surface area contributed by atoms with Crippen LogP contribution in [0.4, 0.5) is 11.6 Å². The molecule has 2 aromatic heterocycles. The third kappa shape index (κ3) is 3.50. The number of amides is 1. The Balaban J connectivity index is 1.54. The molecule has 3 heterocycles. The van der Waals surface area contributed by atoms with Crippen LogP contribution in [0, 0.1) is 6.92 Å². The van der Waals surface area contributed by atoms with Gasteiger partial charge in [-0.1, -0.05) is 6.07 Å². The summed E-state index contributed by atoms with van der Waals surface area (Å²) in [5.74, 6) is 1.36. The van der Waals surface area contributed by atoms with Gasteiger partial charge >= 0.3 is 0 Å². The lowest BCUT2D eigenvalue weighted by molar-refractivity contribution is 0.102. The highest BCUT2D eigenvalue weighted by molar-refractivity contribution is 6.05. The molecule has 3 aromatic rings. The molecule has 7 heteroatoms. The summed E-state index contributed by atoms with van der Waals surface area (Å²) in [6.07, 6.45) is 1.77. The predicted molar refractivity (Wildman–Crippen MR) is 107 cm³/mol. The number of aryl methyl sites for hydroxylation is 2. The van der Waals surface area contributed by atoms with Gasteiger partial charge in [0, 0.05) is 44.2 Å². The second-order valence-corrected chi connectivity index (χ2v) is 7.12. The Bertz CT molecular complexity index is 987. The number of hydrogen-bond donors (Lipinski definition) is 1. The molecule has 0 atom stereocenters. The molecule has 0 bridgehead atoms. The largest absolute Gasteiger partial charge is 0.354 e. The molecule has 1 aromatic carbocycles. The van der Waals surface area contributed by atoms with E-state index in [-0.39, 0.29) is 5.91 Å². The van der Waals surface area contributed by atoms with Gasteiger partial charge in [0.05, 0.1) is 11.7 Å². The maximum Gasteiger partial charge on any atom is 0.256 e. The zero-order chi connectivity index (χ0) is 19.0. The number of carbonyl (C=O) groups excluding carboxylic acids is 1. The molecule has 1 aliphatic heterocycles. The molecule has 1 aliphatic rings. The van der Waals surface area contributed by atoms with Crippen LogP contribution in [0.15, 0.2) is 36.5 Å². The minimum atomic E-state index is -0.165. The zero-order valence-corrected chi connectivity index (χ0v) is 15.9. The fourth-order valence-electron chi connectivity index (χ4n) is 3.42. The van der Waals surface area contributed by atoms with E-state index in [1.54, 1.807) is 10.9 Å². The minimum absolute atomic E-state index is 0.165. The highest BCUT2D eigenvalue weighted by Crippen LogP contribution is 2.22. The Kier molecular flexibility index (Phi) is 4.53. The number of likely N-dealkylation sites (N-methyl/N-ethyl adjacent to an activating group) is 1. The number of nitrogens with one attached hydrogen (secondary N) is 1. The van der Waals surface area contributed by atoms with E-state index >= 15 is 0 Å². The summed E-state index contributed by atoms with van der Waals surface area (Å²) in [6.45, 7) is 5.98. The van der Waals surface area contributed by atoms with Crippen LogP contribution in [0.1, 0.15) is 15.9 Å². The number of hydrogen-bond acceptors (Lipinski definition) is 5. The normalized spacial score (nSPS) is 15.3. The summed E-state index contributed by atoms with van der Waals surface area (Å²) in [7, 11) is 4.02. The first-order valence-corrected chi connectivity index (χ1v) is 9.15. The van der Waals surface area contributed by atoms with Gasteiger partial charge in [0.15, 0.2) is 0 Å². The highest BCUT2D eigenvalue weighted by Gasteiger charge is 2.18. The van der Waals surface area contributed by atoms with E-state index in [1.807, 2.05) is 37.4 Å². The maximum absolute atomic E-state index is 12.7. The lowest BCUT2D eigenvalue weighted by Gasteiger charge is -2.34. The van der Waals surface area contributed by atoms with Crippen molar-refractivity contribution in [1.29, 1.82) is 0 Å². The summed E-state index contributed by atoms with van der Waals surface area (Å²) in [4.78, 5) is 22.0. The molecule has 0 saturated carbocycles. The quantitative estimate of drug-likeness (QED) is 0.772. The van der Waals surface area contributed by atoms with Crippen molar-refractivity contribution in [2.45, 2.75) is 6.92 Å². The second kappa shape index (κ2) is 7.00. The van der Waals surface area contributed by atoms with E-state index in [9.17, 15) is 4.79 Å². The number of fused-ring (bicyclic) bond motifs is 1. The van der Waals surface area contributed by atoms with Gasteiger partial charge in [-0.2, -0.15) is 5.10 Å². The monoisotopic (exact) mass is 364 g/mol. The molecule has 1 saturated heterocycles. The third-order valence-electron chi connectivity index (χ3n) is 5.12. The molecule has 140 valence electrons. The van der Waals surface area contributed by atoms with Crippen LogP contribution in [0.3, 0.4) is 0 Å². The summed E-state index contributed by atoms with van der Waals surface area (Å²) in [5, 5.41) is 8.10. The number of anilines is 2. The minimum Gasteiger partial charge on any atom is -0.354 e. The van der Waals surface area contributed by atoms with Crippen molar-refractivity contribution < 1.29 is 4.79 Å². The highest BCUT2D eigenvalue weighted by atomic mass is 16.1. The van der Waals surface area contributed by atoms with Gasteiger partial charge < -0.3 is 15.1 Å². The van der Waals surface area contributed by atoms with Crippen molar-refractivity contribution in [3.8, 4) is 0 Å². The fourth-order valence-corrected chi connectivity index (χ4v) is 3.42. The Morgan fingerprint density at radius 1 is 1.07 bits per heavy atom. The molecule has 7 nitrogen and oxygen atoms in total. The Morgan fingerprint density at radius 2 is 1.85 bits per heavy atom. The summed E-state index contributed by atoms with van der Waals surface area (Å²) in [5.41, 5.74) is 2.71. The van der Waals surface area contributed by atoms with Gasteiger partial charge in [0.25, 0.3) is 5.91 Å². The van der Waals surface area contributed by atoms with E-state index in [2.05, 4.69) is 34.2 Å². The van der Waals surface area contributed by atoms with Crippen LogP contribution in [-0.2, 0) is 7.05 Å². The van der Waals surface area contributed by atoms with Crippen molar-refractivity contribution in [3.63, 3.8) is 0 Å². The summed E-state index contributed by atoms with van der Waals surface area (Å²) < 4.78 is 1.79. The first-order chi connectivity index (χ1) is 13.0. The van der Waals surface area contributed by atoms with Gasteiger partial charge in [0.1, 0.15) is 11.6 Å². The van der Waals surface area contributed by atoms with E-state index < -0.39 is 0 Å². The molecule has 1 amide bonds. The van der Waals surface area contributed by atoms with E-state index in [1.165, 1.54) is 0 Å². The molecular weight excluding hydrogens is 340 g/mol. The summed E-state index contributed by atoms with van der Waals surface area (Å²) in [6, 6.07) is 9.45. The van der Waals surface area contributed by atoms with Crippen molar-refractivity contribution >= 4 is 28.4 Å². The van der Waals surface area contributed by atoms with Crippen LogP contribution in [0.25, 0.3) is 10.9 Å². The second-order valence-electron chi connectivity index (χ2n) is 7.12. The fraction of sp³-hybridized carbons (Fsp3) is 0.350. The van der Waals surface area contributed by atoms with Gasteiger partial charge in [-0.15, -0.1) is 0 Å². The number of carbonyl (C=O) groups is 1. The first-order valence-electron chi connectivity index (χ1n) is 9.15. The Labute approximate surface area is 158 Å². The van der Waals surface area contributed by atoms with Gasteiger partial charge in [0.2, 0.25) is 0 Å². The SMILES string of the molecule is Cc1ccc(NC(=O)c2ccc3c(cnn3C)c2)nc1N1CCN(C)CC1. The zero-order valence-electron chi connectivity index (χ0n) is 15.9. The molecular formula is C20H24N6O. The predicted octanol–water partition coefficient (Wildman–Crippen LogP) is 2.28. The number of piperazine rings is 1. The van der Waals surface area contributed by atoms with Crippen LogP contribution in [0.2, 0.25) is 0 Å². The van der Waals surface area contributed by atoms with Crippen molar-refractivity contribution in [3.05, 3.63) is 47.7 Å². The lowest BCUT2D eigenvalue weighted by atomic mass is 10.1.